The van der Waals surface area contributed by atoms with Gasteiger partial charge in [0, 0.05) is 17.6 Å². The lowest BCUT2D eigenvalue weighted by molar-refractivity contribution is 0.0695. The Morgan fingerprint density at radius 2 is 2.00 bits per heavy atom. The van der Waals surface area contributed by atoms with E-state index in [2.05, 4.69) is 28.6 Å². The highest BCUT2D eigenvalue weighted by atomic mass is 35.5. The second-order valence-electron chi connectivity index (χ2n) is 5.86. The van der Waals surface area contributed by atoms with Crippen molar-refractivity contribution in [3.8, 4) is 0 Å². The first-order valence-electron chi connectivity index (χ1n) is 7.88. The van der Waals surface area contributed by atoms with Gasteiger partial charge in [0.2, 0.25) is 0 Å². The zero-order valence-corrected chi connectivity index (χ0v) is 15.5. The summed E-state index contributed by atoms with van der Waals surface area (Å²) in [7, 11) is 0. The van der Waals surface area contributed by atoms with Crippen molar-refractivity contribution >= 4 is 40.4 Å². The molecular formula is C19H14Cl2N2OS. The lowest BCUT2D eigenvalue weighted by Gasteiger charge is -2.36. The topological polar surface area (TPSA) is 33.2 Å². The normalized spacial score (nSPS) is 16.6. The number of halogens is 2. The molecule has 3 aromatic rings. The van der Waals surface area contributed by atoms with Gasteiger partial charge >= 0.3 is 0 Å². The lowest BCUT2D eigenvalue weighted by Crippen LogP contribution is -2.40. The van der Waals surface area contributed by atoms with Crippen LogP contribution in [0.3, 0.4) is 0 Å². The third-order valence-corrected chi connectivity index (χ3v) is 6.07. The maximum atomic E-state index is 13.2. The maximum absolute atomic E-state index is 13.2. The molecule has 0 radical (unpaired) electrons. The van der Waals surface area contributed by atoms with E-state index >= 15 is 0 Å². The number of carbonyl (C=O) groups excluding carboxylic acids is 1. The number of aromatic nitrogens is 1. The summed E-state index contributed by atoms with van der Waals surface area (Å²) in [5.74, 6) is -0.0863. The number of carbonyl (C=O) groups is 1. The van der Waals surface area contributed by atoms with Crippen molar-refractivity contribution in [3.05, 3.63) is 85.8 Å². The number of fused-ring (bicyclic) bond motifs is 1. The number of thiophene rings is 1. The minimum Gasteiger partial charge on any atom is -0.327 e. The summed E-state index contributed by atoms with van der Waals surface area (Å²) in [5, 5.41) is 2.59. The fourth-order valence-corrected chi connectivity index (χ4v) is 4.41. The van der Waals surface area contributed by atoms with Crippen LogP contribution < -0.4 is 0 Å². The van der Waals surface area contributed by atoms with E-state index in [1.807, 2.05) is 23.1 Å². The molecule has 0 N–H and O–H groups in total. The molecule has 0 fully saturated rings. The van der Waals surface area contributed by atoms with E-state index < -0.39 is 0 Å². The fourth-order valence-electron chi connectivity index (χ4n) is 3.23. The number of nitrogens with zero attached hydrogens (tertiary/aromatic N) is 2. The molecular weight excluding hydrogens is 375 g/mol. The number of pyridine rings is 1. The van der Waals surface area contributed by atoms with Crippen LogP contribution in [-0.2, 0) is 6.42 Å². The second-order valence-corrected chi connectivity index (χ2v) is 7.62. The Morgan fingerprint density at radius 3 is 2.76 bits per heavy atom. The molecule has 3 heterocycles. The van der Waals surface area contributed by atoms with Gasteiger partial charge in [0.1, 0.15) is 5.15 Å². The number of benzene rings is 1. The number of amides is 1. The van der Waals surface area contributed by atoms with Crippen LogP contribution in [0.5, 0.6) is 0 Å². The molecule has 0 saturated heterocycles. The third-order valence-electron chi connectivity index (χ3n) is 4.39. The molecule has 1 atom stereocenters. The largest absolute Gasteiger partial charge is 0.327 e. The van der Waals surface area contributed by atoms with Gasteiger partial charge < -0.3 is 4.90 Å². The highest BCUT2D eigenvalue weighted by molar-refractivity contribution is 7.10. The van der Waals surface area contributed by atoms with Gasteiger partial charge in [-0.25, -0.2) is 4.98 Å². The summed E-state index contributed by atoms with van der Waals surface area (Å²) in [6.45, 7) is 0.659. The first-order chi connectivity index (χ1) is 12.1. The van der Waals surface area contributed by atoms with Crippen LogP contribution in [0.25, 0.3) is 0 Å². The Morgan fingerprint density at radius 1 is 1.20 bits per heavy atom. The monoisotopic (exact) mass is 388 g/mol. The van der Waals surface area contributed by atoms with E-state index in [4.69, 9.17) is 23.2 Å². The van der Waals surface area contributed by atoms with Gasteiger partial charge in [-0.3, -0.25) is 4.79 Å². The van der Waals surface area contributed by atoms with Crippen LogP contribution in [0.15, 0.2) is 54.0 Å². The summed E-state index contributed by atoms with van der Waals surface area (Å²) in [6, 6.07) is 13.7. The van der Waals surface area contributed by atoms with E-state index in [9.17, 15) is 4.79 Å². The van der Waals surface area contributed by atoms with E-state index in [1.54, 1.807) is 17.4 Å². The molecule has 3 nitrogen and oxygen atoms in total. The first kappa shape index (κ1) is 16.6. The second kappa shape index (κ2) is 6.79. The van der Waals surface area contributed by atoms with Gasteiger partial charge in [-0.15, -0.1) is 11.3 Å². The first-order valence-corrected chi connectivity index (χ1v) is 9.52. The SMILES string of the molecule is O=C(c1cnc(Cl)c(Cl)c1)N1CCc2sccc2C1c1ccccc1. The predicted octanol–water partition coefficient (Wildman–Crippen LogP) is 5.24. The third kappa shape index (κ3) is 3.06. The summed E-state index contributed by atoms with van der Waals surface area (Å²) in [6.07, 6.45) is 2.35. The minimum atomic E-state index is -0.0989. The van der Waals surface area contributed by atoms with Crippen molar-refractivity contribution in [3.63, 3.8) is 0 Å². The van der Waals surface area contributed by atoms with E-state index in [1.165, 1.54) is 16.6 Å². The Hall–Kier alpha value is -1.88. The quantitative estimate of drug-likeness (QED) is 0.562. The van der Waals surface area contributed by atoms with E-state index in [0.29, 0.717) is 12.1 Å². The van der Waals surface area contributed by atoms with Gasteiger partial charge in [0.05, 0.1) is 16.6 Å². The van der Waals surface area contributed by atoms with Gasteiger partial charge in [-0.05, 0) is 35.1 Å². The van der Waals surface area contributed by atoms with E-state index in [-0.39, 0.29) is 22.1 Å². The smallest absolute Gasteiger partial charge is 0.256 e. The van der Waals surface area contributed by atoms with Gasteiger partial charge in [-0.2, -0.15) is 0 Å². The molecule has 0 bridgehead atoms. The zero-order chi connectivity index (χ0) is 17.4. The lowest BCUT2D eigenvalue weighted by atomic mass is 9.93. The van der Waals surface area contributed by atoms with Gasteiger partial charge in [0.25, 0.3) is 5.91 Å². The molecule has 1 aliphatic heterocycles. The van der Waals surface area contributed by atoms with Crippen molar-refractivity contribution in [2.45, 2.75) is 12.5 Å². The molecule has 1 amide bonds. The van der Waals surface area contributed by atoms with E-state index in [0.717, 1.165) is 12.0 Å². The summed E-state index contributed by atoms with van der Waals surface area (Å²) in [5.41, 5.74) is 2.75. The van der Waals surface area contributed by atoms with Crippen LogP contribution in [0.1, 0.15) is 32.4 Å². The molecule has 1 aliphatic rings. The van der Waals surface area contributed by atoms with Crippen LogP contribution in [0, 0.1) is 0 Å². The Labute approximate surface area is 159 Å². The maximum Gasteiger partial charge on any atom is 0.256 e. The zero-order valence-electron chi connectivity index (χ0n) is 13.2. The van der Waals surface area contributed by atoms with Crippen molar-refractivity contribution in [2.75, 3.05) is 6.54 Å². The molecule has 0 aliphatic carbocycles. The average Bonchev–Trinajstić information content (AvgIpc) is 3.12. The van der Waals surface area contributed by atoms with Gasteiger partial charge in [0.15, 0.2) is 0 Å². The molecule has 4 rings (SSSR count). The van der Waals surface area contributed by atoms with Crippen LogP contribution in [-0.4, -0.2) is 22.3 Å². The Kier molecular flexibility index (Phi) is 4.50. The van der Waals surface area contributed by atoms with Crippen molar-refractivity contribution in [1.82, 2.24) is 9.88 Å². The molecule has 2 aromatic heterocycles. The Bertz CT molecular complexity index is 926. The van der Waals surface area contributed by atoms with Gasteiger partial charge in [-0.1, -0.05) is 53.5 Å². The van der Waals surface area contributed by atoms with Crippen molar-refractivity contribution in [2.24, 2.45) is 0 Å². The average molecular weight is 389 g/mol. The summed E-state index contributed by atoms with van der Waals surface area (Å²) in [4.78, 5) is 20.4. The van der Waals surface area contributed by atoms with Crippen molar-refractivity contribution in [1.29, 1.82) is 0 Å². The van der Waals surface area contributed by atoms with Crippen LogP contribution in [0.2, 0.25) is 10.2 Å². The van der Waals surface area contributed by atoms with Crippen LogP contribution in [0.4, 0.5) is 0 Å². The predicted molar refractivity (Wildman–Crippen MR) is 102 cm³/mol. The minimum absolute atomic E-state index is 0.0863. The van der Waals surface area contributed by atoms with Crippen molar-refractivity contribution < 1.29 is 4.79 Å². The molecule has 1 unspecified atom stereocenters. The number of rotatable bonds is 2. The number of hydrogen-bond acceptors (Lipinski definition) is 3. The molecule has 0 saturated carbocycles. The molecule has 6 heteroatoms. The number of hydrogen-bond donors (Lipinski definition) is 0. The molecule has 0 spiro atoms. The summed E-state index contributed by atoms with van der Waals surface area (Å²) >= 11 is 13.7. The van der Waals surface area contributed by atoms with Crippen LogP contribution >= 0.6 is 34.5 Å². The highest BCUT2D eigenvalue weighted by Gasteiger charge is 2.33. The molecule has 1 aromatic carbocycles. The Balaban J connectivity index is 1.77. The molecule has 25 heavy (non-hydrogen) atoms. The summed E-state index contributed by atoms with van der Waals surface area (Å²) < 4.78 is 0. The standard InChI is InChI=1S/C19H14Cl2N2OS/c20-15-10-13(11-22-18(15)21)19(24)23-8-6-16-14(7-9-25-16)17(23)12-4-2-1-3-5-12/h1-5,7,9-11,17H,6,8H2. The molecule has 126 valence electrons. The fraction of sp³-hybridized carbons (Fsp3) is 0.158. The highest BCUT2D eigenvalue weighted by Crippen LogP contribution is 2.38.